The molecule has 0 atom stereocenters. The molecule has 0 N–H and O–H groups in total. The van der Waals surface area contributed by atoms with Gasteiger partial charge >= 0.3 is 23.9 Å². The molecule has 0 saturated carbocycles. The Kier molecular flexibility index (Phi) is 31.2. The second kappa shape index (κ2) is 27.1. The quantitative estimate of drug-likeness (QED) is 0.258. The van der Waals surface area contributed by atoms with Crippen LogP contribution in [0.2, 0.25) is 0 Å². The number of carbonyl (C=O) groups excluding carboxylic acids is 4. The van der Waals surface area contributed by atoms with Gasteiger partial charge in [0.1, 0.15) is 0 Å². The molecule has 0 aliphatic heterocycles. The van der Waals surface area contributed by atoms with E-state index in [0.717, 1.165) is 25.0 Å². The Morgan fingerprint density at radius 2 is 1.24 bits per heavy atom. The van der Waals surface area contributed by atoms with Gasteiger partial charge in [0.05, 0.1) is 27.4 Å². The van der Waals surface area contributed by atoms with Gasteiger partial charge in [-0.15, -0.1) is 0 Å². The number of hydrogen-bond donors (Lipinski definition) is 0. The lowest BCUT2D eigenvalue weighted by atomic mass is 10.4. The summed E-state index contributed by atoms with van der Waals surface area (Å²) < 4.78 is 17.5. The van der Waals surface area contributed by atoms with Gasteiger partial charge in [-0.3, -0.25) is 0 Å². The van der Waals surface area contributed by atoms with E-state index in [0.29, 0.717) is 18.8 Å². The Labute approximate surface area is 173 Å². The number of methoxy groups -OCH3 is 2. The first-order valence-electron chi connectivity index (χ1n) is 8.64. The number of unbranched alkanes of at least 4 members (excludes halogenated alkanes) is 1. The monoisotopic (exact) mass is 414 g/mol. The van der Waals surface area contributed by atoms with Crippen LogP contribution in [-0.2, 0) is 38.1 Å². The standard InChI is InChI=1S/C7H12O2.2C5H8O2.C4H6O2/c1-3-5-6-9-7(8)4-2;1-4(2)5(6)7-3;1-3-5(6)7-4-2;1-3-4(5)6-2/h4H,2-3,5-6H2,1H3;1H2,2-3H3;3H,1,4H2,2H3;3H,1H2,2H3. The van der Waals surface area contributed by atoms with E-state index >= 15 is 0 Å². The minimum absolute atomic E-state index is 0.330. The summed E-state index contributed by atoms with van der Waals surface area (Å²) in [4.78, 5) is 40.4. The zero-order chi connectivity index (χ0) is 23.7. The lowest BCUT2D eigenvalue weighted by molar-refractivity contribution is -0.138. The second-order valence-electron chi connectivity index (χ2n) is 4.68. The average molecular weight is 414 g/mol. The lowest BCUT2D eigenvalue weighted by Gasteiger charge is -1.97. The predicted molar refractivity (Wildman–Crippen MR) is 112 cm³/mol. The van der Waals surface area contributed by atoms with Crippen molar-refractivity contribution in [3.63, 3.8) is 0 Å². The highest BCUT2D eigenvalue weighted by Gasteiger charge is 1.95. The lowest BCUT2D eigenvalue weighted by Crippen LogP contribution is -2.00. The molecule has 8 heteroatoms. The highest BCUT2D eigenvalue weighted by Crippen LogP contribution is 1.88. The fourth-order valence-electron chi connectivity index (χ4n) is 0.835. The number of ether oxygens (including phenoxy) is 4. The Bertz CT molecular complexity index is 519. The van der Waals surface area contributed by atoms with Crippen LogP contribution in [0.1, 0.15) is 33.6 Å². The van der Waals surface area contributed by atoms with Crippen LogP contribution in [0.3, 0.4) is 0 Å². The van der Waals surface area contributed by atoms with E-state index in [4.69, 9.17) is 0 Å². The van der Waals surface area contributed by atoms with Crippen LogP contribution in [0.5, 0.6) is 0 Å². The first-order chi connectivity index (χ1) is 13.6. The summed E-state index contributed by atoms with van der Waals surface area (Å²) in [5, 5.41) is 0. The van der Waals surface area contributed by atoms with Crippen molar-refractivity contribution in [2.24, 2.45) is 0 Å². The molecular formula is C21H34O8. The summed E-state index contributed by atoms with van der Waals surface area (Å²) in [5.74, 6) is -1.43. The van der Waals surface area contributed by atoms with Gasteiger partial charge in [-0.2, -0.15) is 0 Å². The van der Waals surface area contributed by atoms with Crippen molar-refractivity contribution in [2.45, 2.75) is 33.6 Å². The predicted octanol–water partition coefficient (Wildman–Crippen LogP) is 3.33. The van der Waals surface area contributed by atoms with E-state index in [-0.39, 0.29) is 17.9 Å². The van der Waals surface area contributed by atoms with Gasteiger partial charge in [0.2, 0.25) is 0 Å². The van der Waals surface area contributed by atoms with Crippen LogP contribution < -0.4 is 0 Å². The summed E-state index contributed by atoms with van der Waals surface area (Å²) in [6.07, 6.45) is 5.41. The van der Waals surface area contributed by atoms with Crippen LogP contribution >= 0.6 is 0 Å². The van der Waals surface area contributed by atoms with Crippen molar-refractivity contribution < 1.29 is 38.1 Å². The Balaban J connectivity index is -0.000000145. The maximum Gasteiger partial charge on any atom is 0.332 e. The maximum absolute atomic E-state index is 10.3. The first-order valence-corrected chi connectivity index (χ1v) is 8.64. The second-order valence-corrected chi connectivity index (χ2v) is 4.68. The summed E-state index contributed by atoms with van der Waals surface area (Å²) in [7, 11) is 2.64. The van der Waals surface area contributed by atoms with E-state index in [1.807, 2.05) is 6.92 Å². The molecule has 0 heterocycles. The maximum atomic E-state index is 10.3. The van der Waals surface area contributed by atoms with E-state index in [2.05, 4.69) is 45.3 Å². The summed E-state index contributed by atoms with van der Waals surface area (Å²) in [6, 6.07) is 0. The highest BCUT2D eigenvalue weighted by molar-refractivity contribution is 5.86. The van der Waals surface area contributed by atoms with Crippen LogP contribution in [0.15, 0.2) is 50.1 Å². The van der Waals surface area contributed by atoms with Crippen molar-refractivity contribution in [1.82, 2.24) is 0 Å². The minimum atomic E-state index is -0.394. The molecule has 0 aromatic carbocycles. The average Bonchev–Trinajstić information content (AvgIpc) is 2.73. The van der Waals surface area contributed by atoms with Crippen molar-refractivity contribution >= 4 is 23.9 Å². The summed E-state index contributed by atoms with van der Waals surface area (Å²) in [6.45, 7) is 19.3. The fraction of sp³-hybridized carbons (Fsp3) is 0.429. The summed E-state index contributed by atoms with van der Waals surface area (Å²) in [5.41, 5.74) is 0.433. The summed E-state index contributed by atoms with van der Waals surface area (Å²) >= 11 is 0. The molecule has 0 aliphatic rings. The highest BCUT2D eigenvalue weighted by atomic mass is 16.5. The largest absolute Gasteiger partial charge is 0.466 e. The molecule has 166 valence electrons. The third-order valence-corrected chi connectivity index (χ3v) is 2.26. The zero-order valence-corrected chi connectivity index (χ0v) is 18.2. The molecule has 0 aliphatic carbocycles. The van der Waals surface area contributed by atoms with Gasteiger partial charge in [0, 0.05) is 23.8 Å². The molecule has 0 spiro atoms. The molecule has 0 fully saturated rings. The van der Waals surface area contributed by atoms with Gasteiger partial charge in [-0.1, -0.05) is 39.7 Å². The molecule has 0 unspecified atom stereocenters. The van der Waals surface area contributed by atoms with Crippen molar-refractivity contribution in [2.75, 3.05) is 27.4 Å². The minimum Gasteiger partial charge on any atom is -0.466 e. The van der Waals surface area contributed by atoms with Crippen molar-refractivity contribution in [1.29, 1.82) is 0 Å². The van der Waals surface area contributed by atoms with Crippen molar-refractivity contribution in [3.05, 3.63) is 50.1 Å². The van der Waals surface area contributed by atoms with Gasteiger partial charge in [-0.25, -0.2) is 19.2 Å². The van der Waals surface area contributed by atoms with E-state index in [9.17, 15) is 19.2 Å². The van der Waals surface area contributed by atoms with Crippen molar-refractivity contribution in [3.8, 4) is 0 Å². The molecule has 0 bridgehead atoms. The van der Waals surface area contributed by atoms with Crippen LogP contribution in [0.25, 0.3) is 0 Å². The van der Waals surface area contributed by atoms with Crippen LogP contribution in [0.4, 0.5) is 0 Å². The van der Waals surface area contributed by atoms with Gasteiger partial charge < -0.3 is 18.9 Å². The normalized spacial score (nSPS) is 7.76. The number of hydrogen-bond acceptors (Lipinski definition) is 8. The van der Waals surface area contributed by atoms with Gasteiger partial charge in [0.15, 0.2) is 0 Å². The SMILES string of the molecule is C=C(C)C(=O)OC.C=CC(=O)OC.C=CC(=O)OCC.C=CC(=O)OCCCC. The number of esters is 4. The molecule has 0 amide bonds. The fourth-order valence-corrected chi connectivity index (χ4v) is 0.835. The third-order valence-electron chi connectivity index (χ3n) is 2.26. The number of carbonyl (C=O) groups is 4. The van der Waals surface area contributed by atoms with E-state index in [1.54, 1.807) is 13.8 Å². The van der Waals surface area contributed by atoms with Crippen LogP contribution in [-0.4, -0.2) is 51.3 Å². The molecular weight excluding hydrogens is 380 g/mol. The Hall–Kier alpha value is -3.16. The molecule has 0 aromatic rings. The third kappa shape index (κ3) is 36.5. The molecule has 8 nitrogen and oxygen atoms in total. The Morgan fingerprint density at radius 1 is 0.793 bits per heavy atom. The molecule has 0 aromatic heterocycles. The van der Waals surface area contributed by atoms with E-state index in [1.165, 1.54) is 20.3 Å². The molecule has 29 heavy (non-hydrogen) atoms. The van der Waals surface area contributed by atoms with Gasteiger partial charge in [-0.05, 0) is 20.3 Å². The molecule has 0 radical (unpaired) electrons. The Morgan fingerprint density at radius 3 is 1.41 bits per heavy atom. The van der Waals surface area contributed by atoms with E-state index < -0.39 is 5.97 Å². The van der Waals surface area contributed by atoms with Gasteiger partial charge in [0.25, 0.3) is 0 Å². The zero-order valence-electron chi connectivity index (χ0n) is 18.2. The molecule has 0 rings (SSSR count). The molecule has 0 saturated heterocycles. The van der Waals surface area contributed by atoms with Crippen LogP contribution in [0, 0.1) is 0 Å². The topological polar surface area (TPSA) is 105 Å². The first kappa shape index (κ1) is 33.4. The number of rotatable bonds is 8. The smallest absolute Gasteiger partial charge is 0.332 e.